The van der Waals surface area contributed by atoms with Gasteiger partial charge in [-0.15, -0.1) is 0 Å². The Kier molecular flexibility index (Phi) is 4.92. The van der Waals surface area contributed by atoms with Gasteiger partial charge < -0.3 is 5.32 Å². The van der Waals surface area contributed by atoms with Crippen molar-refractivity contribution in [2.24, 2.45) is 7.05 Å². The third kappa shape index (κ3) is 4.01. The molecule has 3 aromatic rings. The van der Waals surface area contributed by atoms with E-state index in [0.29, 0.717) is 5.56 Å². The summed E-state index contributed by atoms with van der Waals surface area (Å²) in [5, 5.41) is 11.0. The number of hydrogen-bond acceptors (Lipinski definition) is 5. The van der Waals surface area contributed by atoms with Crippen LogP contribution in [0.1, 0.15) is 24.7 Å². The maximum Gasteiger partial charge on any atom is 0.433 e. The number of anilines is 1. The van der Waals surface area contributed by atoms with Gasteiger partial charge in [0.05, 0.1) is 24.1 Å². The molecule has 0 amide bonds. The zero-order chi connectivity index (χ0) is 18.7. The van der Waals surface area contributed by atoms with Gasteiger partial charge >= 0.3 is 6.18 Å². The van der Waals surface area contributed by atoms with Crippen molar-refractivity contribution in [3.63, 3.8) is 0 Å². The number of aryl methyl sites for hydroxylation is 2. The average molecular weight is 365 g/mol. The first-order valence-corrected chi connectivity index (χ1v) is 8.06. The molecule has 0 spiro atoms. The molecule has 0 aliphatic carbocycles. The van der Waals surface area contributed by atoms with Gasteiger partial charge in [0.25, 0.3) is 0 Å². The van der Waals surface area contributed by atoms with Crippen molar-refractivity contribution in [1.29, 1.82) is 0 Å². The summed E-state index contributed by atoms with van der Waals surface area (Å²) in [6, 6.07) is 2.72. The number of alkyl halides is 3. The molecule has 10 heteroatoms. The summed E-state index contributed by atoms with van der Waals surface area (Å²) in [5.41, 5.74) is 0.483. The molecule has 3 rings (SSSR count). The summed E-state index contributed by atoms with van der Waals surface area (Å²) in [6.07, 6.45) is 1.05. The molecule has 7 nitrogen and oxygen atoms in total. The highest BCUT2D eigenvalue weighted by molar-refractivity contribution is 5.59. The Bertz CT molecular complexity index is 882. The fourth-order valence-electron chi connectivity index (χ4n) is 2.47. The molecule has 0 fully saturated rings. The second-order valence-corrected chi connectivity index (χ2v) is 5.76. The molecule has 3 heterocycles. The second kappa shape index (κ2) is 7.14. The van der Waals surface area contributed by atoms with E-state index in [2.05, 4.69) is 25.5 Å². The Hall–Kier alpha value is -2.91. The van der Waals surface area contributed by atoms with E-state index in [1.54, 1.807) is 30.2 Å². The third-order valence-corrected chi connectivity index (χ3v) is 3.68. The highest BCUT2D eigenvalue weighted by atomic mass is 19.4. The van der Waals surface area contributed by atoms with Crippen LogP contribution in [0.4, 0.5) is 19.1 Å². The van der Waals surface area contributed by atoms with Gasteiger partial charge in [0, 0.05) is 31.5 Å². The molecule has 26 heavy (non-hydrogen) atoms. The minimum Gasteiger partial charge on any atom is -0.349 e. The van der Waals surface area contributed by atoms with Gasteiger partial charge in [0.15, 0.2) is 5.69 Å². The third-order valence-electron chi connectivity index (χ3n) is 3.68. The molecule has 0 radical (unpaired) electrons. The lowest BCUT2D eigenvalue weighted by molar-refractivity contribution is -0.141. The predicted molar refractivity (Wildman–Crippen MR) is 89.1 cm³/mol. The number of nitrogens with one attached hydrogen (secondary N) is 1. The summed E-state index contributed by atoms with van der Waals surface area (Å²) in [5.74, 6) is -0.0945. The molecular formula is C16H18F3N7. The van der Waals surface area contributed by atoms with Crippen molar-refractivity contribution in [2.45, 2.75) is 32.6 Å². The normalized spacial score (nSPS) is 11.7. The molecule has 0 saturated carbocycles. The van der Waals surface area contributed by atoms with Crippen molar-refractivity contribution in [3.8, 4) is 11.3 Å². The van der Waals surface area contributed by atoms with Gasteiger partial charge in [-0.1, -0.05) is 6.92 Å². The van der Waals surface area contributed by atoms with E-state index < -0.39 is 11.9 Å². The first kappa shape index (κ1) is 17.9. The quantitative estimate of drug-likeness (QED) is 0.727. The molecule has 0 atom stereocenters. The Morgan fingerprint density at radius 2 is 2.00 bits per heavy atom. The lowest BCUT2D eigenvalue weighted by Gasteiger charge is -2.12. The van der Waals surface area contributed by atoms with Crippen molar-refractivity contribution in [1.82, 2.24) is 29.5 Å². The Labute approximate surface area is 147 Å². The Morgan fingerprint density at radius 3 is 2.65 bits per heavy atom. The van der Waals surface area contributed by atoms with E-state index in [-0.39, 0.29) is 18.2 Å². The number of hydrogen-bond donors (Lipinski definition) is 1. The molecule has 1 N–H and O–H groups in total. The van der Waals surface area contributed by atoms with Crippen LogP contribution in [0.15, 0.2) is 30.7 Å². The maximum atomic E-state index is 13.2. The first-order chi connectivity index (χ1) is 12.4. The van der Waals surface area contributed by atoms with Crippen LogP contribution in [0.2, 0.25) is 0 Å². The fraction of sp³-hybridized carbons (Fsp3) is 0.375. The van der Waals surface area contributed by atoms with Crippen LogP contribution in [0.25, 0.3) is 11.3 Å². The Balaban J connectivity index is 1.89. The van der Waals surface area contributed by atoms with E-state index in [1.807, 2.05) is 6.92 Å². The molecule has 0 aliphatic heterocycles. The van der Waals surface area contributed by atoms with E-state index in [9.17, 15) is 13.2 Å². The number of halogens is 3. The van der Waals surface area contributed by atoms with Crippen molar-refractivity contribution >= 4 is 5.95 Å². The van der Waals surface area contributed by atoms with E-state index in [4.69, 9.17) is 0 Å². The van der Waals surface area contributed by atoms with Crippen LogP contribution >= 0.6 is 0 Å². The molecule has 0 aromatic carbocycles. The molecule has 0 unspecified atom stereocenters. The monoisotopic (exact) mass is 365 g/mol. The number of rotatable bonds is 6. The van der Waals surface area contributed by atoms with Crippen molar-refractivity contribution in [2.75, 3.05) is 5.32 Å². The summed E-state index contributed by atoms with van der Waals surface area (Å²) < 4.78 is 42.9. The summed E-state index contributed by atoms with van der Waals surface area (Å²) in [7, 11) is 1.68. The van der Waals surface area contributed by atoms with Gasteiger partial charge in [-0.3, -0.25) is 9.36 Å². The van der Waals surface area contributed by atoms with Gasteiger partial charge in [-0.05, 0) is 18.6 Å². The van der Waals surface area contributed by atoms with Crippen LogP contribution in [-0.4, -0.2) is 29.5 Å². The van der Waals surface area contributed by atoms with Gasteiger partial charge in [0.2, 0.25) is 5.95 Å². The molecule has 0 saturated heterocycles. The first-order valence-electron chi connectivity index (χ1n) is 8.06. The van der Waals surface area contributed by atoms with Crippen molar-refractivity contribution < 1.29 is 13.2 Å². The van der Waals surface area contributed by atoms with Gasteiger partial charge in [-0.2, -0.15) is 23.4 Å². The summed E-state index contributed by atoms with van der Waals surface area (Å²) in [4.78, 5) is 7.81. The molecule has 0 bridgehead atoms. The smallest absolute Gasteiger partial charge is 0.349 e. The lowest BCUT2D eigenvalue weighted by Crippen LogP contribution is -2.14. The van der Waals surface area contributed by atoms with E-state index in [1.165, 1.54) is 10.9 Å². The van der Waals surface area contributed by atoms with E-state index >= 15 is 0 Å². The fourth-order valence-corrected chi connectivity index (χ4v) is 2.47. The van der Waals surface area contributed by atoms with Gasteiger partial charge in [0.1, 0.15) is 0 Å². The Morgan fingerprint density at radius 1 is 1.19 bits per heavy atom. The average Bonchev–Trinajstić information content (AvgIpc) is 3.21. The minimum atomic E-state index is -4.57. The van der Waals surface area contributed by atoms with Crippen LogP contribution in [-0.2, 0) is 26.3 Å². The molecule has 3 aromatic heterocycles. The summed E-state index contributed by atoms with van der Waals surface area (Å²) in [6.45, 7) is 3.02. The molecule has 0 aliphatic rings. The van der Waals surface area contributed by atoms with Crippen LogP contribution in [0.5, 0.6) is 0 Å². The second-order valence-electron chi connectivity index (χ2n) is 5.76. The van der Waals surface area contributed by atoms with Crippen LogP contribution in [0.3, 0.4) is 0 Å². The highest BCUT2D eigenvalue weighted by Crippen LogP contribution is 2.31. The standard InChI is InChI=1S/C16H18F3N7/c1-3-6-26-12(4-5-21-26)9-20-15-23-13(11-8-22-25(2)10-11)7-14(24-15)16(17,18)19/h4-5,7-8,10H,3,6,9H2,1-2H3,(H,20,23,24). The SMILES string of the molecule is CCCn1nccc1CNc1nc(-c2cnn(C)c2)cc(C(F)(F)F)n1. The number of nitrogens with zero attached hydrogens (tertiary/aromatic N) is 6. The largest absolute Gasteiger partial charge is 0.433 e. The minimum absolute atomic E-state index is 0.0945. The lowest BCUT2D eigenvalue weighted by atomic mass is 10.2. The molecule has 138 valence electrons. The van der Waals surface area contributed by atoms with Crippen molar-refractivity contribution in [3.05, 3.63) is 42.1 Å². The highest BCUT2D eigenvalue weighted by Gasteiger charge is 2.34. The van der Waals surface area contributed by atoms with Crippen LogP contribution in [0, 0.1) is 0 Å². The topological polar surface area (TPSA) is 73.5 Å². The maximum absolute atomic E-state index is 13.2. The number of aromatic nitrogens is 6. The zero-order valence-electron chi connectivity index (χ0n) is 14.3. The van der Waals surface area contributed by atoms with Gasteiger partial charge in [-0.25, -0.2) is 9.97 Å². The zero-order valence-corrected chi connectivity index (χ0v) is 14.3. The van der Waals surface area contributed by atoms with Crippen LogP contribution < -0.4 is 5.32 Å². The van der Waals surface area contributed by atoms with E-state index in [0.717, 1.165) is 24.7 Å². The predicted octanol–water partition coefficient (Wildman–Crippen LogP) is 3.11. The summed E-state index contributed by atoms with van der Waals surface area (Å²) >= 11 is 0. The molecular weight excluding hydrogens is 347 g/mol.